The topological polar surface area (TPSA) is 18.1 Å². The van der Waals surface area contributed by atoms with Crippen LogP contribution >= 0.6 is 0 Å². The Morgan fingerprint density at radius 2 is 1.44 bits per heavy atom. The number of allylic oxidation sites excluding steroid dienone is 4. The van der Waals surface area contributed by atoms with Crippen molar-refractivity contribution in [2.75, 3.05) is 0 Å². The lowest BCUT2D eigenvalue weighted by Crippen LogP contribution is -1.94. The van der Waals surface area contributed by atoms with Crippen molar-refractivity contribution in [1.29, 1.82) is 0 Å². The summed E-state index contributed by atoms with van der Waals surface area (Å²) in [5.74, 6) is 0. The molecular weight excluding hydrogens is 390 g/mol. The minimum Gasteiger partial charge on any atom is -0.456 e. The number of furan rings is 1. The van der Waals surface area contributed by atoms with E-state index in [9.17, 15) is 0 Å². The van der Waals surface area contributed by atoms with Gasteiger partial charge in [0.15, 0.2) is 0 Å². The number of fused-ring (bicyclic) bond motifs is 6. The lowest BCUT2D eigenvalue weighted by molar-refractivity contribution is 0.669. The third kappa shape index (κ3) is 2.53. The molecule has 0 bridgehead atoms. The zero-order chi connectivity index (χ0) is 21.1. The highest BCUT2D eigenvalue weighted by Crippen LogP contribution is 2.38. The molecule has 0 spiro atoms. The van der Waals surface area contributed by atoms with Gasteiger partial charge in [-0.25, -0.2) is 0 Å². The number of para-hydroxylation sites is 2. The molecule has 0 saturated heterocycles. The maximum Gasteiger partial charge on any atom is 0.136 e. The second kappa shape index (κ2) is 6.73. The molecule has 2 nitrogen and oxygen atoms in total. The molecule has 0 aliphatic heterocycles. The van der Waals surface area contributed by atoms with E-state index >= 15 is 0 Å². The molecule has 0 N–H and O–H groups in total. The first-order valence-corrected chi connectivity index (χ1v) is 11.2. The van der Waals surface area contributed by atoms with Crippen LogP contribution in [0.25, 0.3) is 55.0 Å². The summed E-state index contributed by atoms with van der Waals surface area (Å²) in [6.07, 6.45) is 9.09. The van der Waals surface area contributed by atoms with Crippen LogP contribution in [0.15, 0.2) is 108 Å². The standard InChI is InChI=1S/C30H21NO/c1-2-8-20(9-3-1)21-14-16-22(17-15-21)31-27-12-6-4-10-23(27)25-19-30-26(18-28(25)31)24-11-5-7-13-29(24)32-30/h2,4-19H,1,3H2. The molecule has 0 unspecified atom stereocenters. The molecule has 4 aromatic carbocycles. The predicted molar refractivity (Wildman–Crippen MR) is 134 cm³/mol. The Morgan fingerprint density at radius 1 is 0.625 bits per heavy atom. The molecule has 7 rings (SSSR count). The van der Waals surface area contributed by atoms with E-state index in [1.165, 1.54) is 38.6 Å². The molecule has 0 saturated carbocycles. The van der Waals surface area contributed by atoms with Crippen LogP contribution in [0, 0.1) is 0 Å². The van der Waals surface area contributed by atoms with Crippen molar-refractivity contribution < 1.29 is 4.42 Å². The van der Waals surface area contributed by atoms with Gasteiger partial charge in [0.2, 0.25) is 0 Å². The monoisotopic (exact) mass is 411 g/mol. The third-order valence-corrected chi connectivity index (χ3v) is 6.62. The first kappa shape index (κ1) is 17.6. The number of benzene rings is 4. The average molecular weight is 412 g/mol. The van der Waals surface area contributed by atoms with E-state index in [-0.39, 0.29) is 0 Å². The summed E-state index contributed by atoms with van der Waals surface area (Å²) in [6, 6.07) is 30.4. The second-order valence-electron chi connectivity index (χ2n) is 8.50. The molecule has 1 aliphatic carbocycles. The summed E-state index contributed by atoms with van der Waals surface area (Å²) in [6.45, 7) is 0. The van der Waals surface area contributed by atoms with Crippen molar-refractivity contribution in [1.82, 2.24) is 4.57 Å². The number of aromatic nitrogens is 1. The van der Waals surface area contributed by atoms with Crippen molar-refractivity contribution in [3.8, 4) is 5.69 Å². The van der Waals surface area contributed by atoms with Gasteiger partial charge in [-0.05, 0) is 60.4 Å². The molecule has 32 heavy (non-hydrogen) atoms. The summed E-state index contributed by atoms with van der Waals surface area (Å²) in [5.41, 5.74) is 8.05. The molecule has 2 aromatic heterocycles. The second-order valence-corrected chi connectivity index (χ2v) is 8.50. The number of rotatable bonds is 2. The van der Waals surface area contributed by atoms with E-state index in [4.69, 9.17) is 4.42 Å². The quantitative estimate of drug-likeness (QED) is 0.280. The van der Waals surface area contributed by atoms with E-state index in [0.717, 1.165) is 34.8 Å². The molecule has 0 amide bonds. The molecule has 0 atom stereocenters. The highest BCUT2D eigenvalue weighted by molar-refractivity contribution is 6.17. The molecule has 0 radical (unpaired) electrons. The van der Waals surface area contributed by atoms with Crippen LogP contribution in [-0.4, -0.2) is 4.57 Å². The van der Waals surface area contributed by atoms with Gasteiger partial charge in [0.05, 0.1) is 11.0 Å². The highest BCUT2D eigenvalue weighted by Gasteiger charge is 2.16. The fourth-order valence-corrected chi connectivity index (χ4v) is 5.10. The maximum absolute atomic E-state index is 6.19. The Morgan fingerprint density at radius 3 is 2.28 bits per heavy atom. The van der Waals surface area contributed by atoms with Gasteiger partial charge in [0, 0.05) is 27.2 Å². The van der Waals surface area contributed by atoms with Crippen molar-refractivity contribution in [2.45, 2.75) is 12.8 Å². The van der Waals surface area contributed by atoms with E-state index < -0.39 is 0 Å². The summed E-state index contributed by atoms with van der Waals surface area (Å²) < 4.78 is 8.56. The molecule has 2 heterocycles. The third-order valence-electron chi connectivity index (χ3n) is 6.62. The highest BCUT2D eigenvalue weighted by atomic mass is 16.3. The van der Waals surface area contributed by atoms with Gasteiger partial charge in [-0.1, -0.05) is 66.8 Å². The van der Waals surface area contributed by atoms with Crippen molar-refractivity contribution in [2.24, 2.45) is 0 Å². The van der Waals surface area contributed by atoms with Gasteiger partial charge in [0.25, 0.3) is 0 Å². The number of nitrogens with zero attached hydrogens (tertiary/aromatic N) is 1. The largest absolute Gasteiger partial charge is 0.456 e. The van der Waals surface area contributed by atoms with E-state index in [2.05, 4.69) is 95.6 Å². The van der Waals surface area contributed by atoms with Gasteiger partial charge < -0.3 is 8.98 Å². The van der Waals surface area contributed by atoms with Crippen molar-refractivity contribution >= 4 is 49.3 Å². The molecule has 0 fully saturated rings. The first-order valence-electron chi connectivity index (χ1n) is 11.2. The van der Waals surface area contributed by atoms with Gasteiger partial charge in [0.1, 0.15) is 11.2 Å². The van der Waals surface area contributed by atoms with Crippen molar-refractivity contribution in [3.63, 3.8) is 0 Å². The van der Waals surface area contributed by atoms with Crippen LogP contribution in [0.5, 0.6) is 0 Å². The zero-order valence-corrected chi connectivity index (χ0v) is 17.6. The fraction of sp³-hybridized carbons (Fsp3) is 0.0667. The summed E-state index contributed by atoms with van der Waals surface area (Å²) in [4.78, 5) is 0. The van der Waals surface area contributed by atoms with Gasteiger partial charge in [-0.2, -0.15) is 0 Å². The molecule has 6 aromatic rings. The zero-order valence-electron chi connectivity index (χ0n) is 17.6. The van der Waals surface area contributed by atoms with E-state index in [1.807, 2.05) is 12.1 Å². The first-order chi connectivity index (χ1) is 15.9. The Hall–Kier alpha value is -4.04. The maximum atomic E-state index is 6.19. The van der Waals surface area contributed by atoms with Crippen LogP contribution in [0.4, 0.5) is 0 Å². The number of hydrogen-bond acceptors (Lipinski definition) is 1. The lowest BCUT2D eigenvalue weighted by Gasteiger charge is -2.11. The van der Waals surface area contributed by atoms with Crippen molar-refractivity contribution in [3.05, 3.63) is 109 Å². The Balaban J connectivity index is 1.51. The van der Waals surface area contributed by atoms with Gasteiger partial charge in [-0.15, -0.1) is 0 Å². The average Bonchev–Trinajstić information content (AvgIpc) is 3.38. The minimum atomic E-state index is 0.934. The number of hydrogen-bond donors (Lipinski definition) is 0. The SMILES string of the molecule is C1=CC(c2ccc(-n3c4ccccc4c4cc5oc6ccccc6c5cc43)cc2)=CCC1. The van der Waals surface area contributed by atoms with Crippen LogP contribution < -0.4 is 0 Å². The van der Waals surface area contributed by atoms with Crippen LogP contribution in [0.2, 0.25) is 0 Å². The fourth-order valence-electron chi connectivity index (χ4n) is 5.10. The Labute approximate surface area is 185 Å². The summed E-state index contributed by atoms with van der Waals surface area (Å²) in [5, 5.41) is 4.78. The smallest absolute Gasteiger partial charge is 0.136 e. The van der Waals surface area contributed by atoms with Gasteiger partial charge >= 0.3 is 0 Å². The normalized spacial score (nSPS) is 14.1. The van der Waals surface area contributed by atoms with E-state index in [1.54, 1.807) is 0 Å². The molecule has 152 valence electrons. The van der Waals surface area contributed by atoms with Crippen LogP contribution in [-0.2, 0) is 0 Å². The summed E-state index contributed by atoms with van der Waals surface area (Å²) in [7, 11) is 0. The van der Waals surface area contributed by atoms with Gasteiger partial charge in [-0.3, -0.25) is 0 Å². The molecule has 2 heteroatoms. The Bertz CT molecular complexity index is 1710. The lowest BCUT2D eigenvalue weighted by atomic mass is 9.99. The minimum absolute atomic E-state index is 0.934. The molecule has 1 aliphatic rings. The summed E-state index contributed by atoms with van der Waals surface area (Å²) >= 11 is 0. The van der Waals surface area contributed by atoms with Crippen LogP contribution in [0.3, 0.4) is 0 Å². The molecular formula is C30H21NO. The predicted octanol–water partition coefficient (Wildman–Crippen LogP) is 8.42. The Kier molecular flexibility index (Phi) is 3.71. The van der Waals surface area contributed by atoms with E-state index in [0.29, 0.717) is 0 Å². The van der Waals surface area contributed by atoms with Crippen LogP contribution in [0.1, 0.15) is 18.4 Å².